The van der Waals surface area contributed by atoms with Crippen LogP contribution in [-0.4, -0.2) is 29.9 Å². The Kier molecular flexibility index (Phi) is 5.40. The molecule has 2 aliphatic rings. The Labute approximate surface area is 169 Å². The van der Waals surface area contributed by atoms with Crippen LogP contribution in [0, 0.1) is 16.0 Å². The van der Waals surface area contributed by atoms with Gasteiger partial charge in [-0.05, 0) is 37.0 Å². The molecule has 7 nitrogen and oxygen atoms in total. The summed E-state index contributed by atoms with van der Waals surface area (Å²) in [7, 11) is 0. The fraction of sp³-hybridized carbons (Fsp3) is 0.364. The van der Waals surface area contributed by atoms with Crippen molar-refractivity contribution in [2.45, 2.75) is 25.3 Å². The van der Waals surface area contributed by atoms with Gasteiger partial charge in [-0.1, -0.05) is 24.3 Å². The highest BCUT2D eigenvalue weighted by atomic mass is 16.6. The van der Waals surface area contributed by atoms with Crippen LogP contribution in [0.25, 0.3) is 0 Å². The van der Waals surface area contributed by atoms with Gasteiger partial charge >= 0.3 is 0 Å². The van der Waals surface area contributed by atoms with Crippen LogP contribution in [0.15, 0.2) is 48.6 Å². The average molecular weight is 396 g/mol. The second-order valence-corrected chi connectivity index (χ2v) is 7.24. The van der Waals surface area contributed by atoms with Crippen LogP contribution in [0.3, 0.4) is 0 Å². The van der Waals surface area contributed by atoms with Crippen molar-refractivity contribution in [2.24, 2.45) is 5.92 Å². The van der Waals surface area contributed by atoms with E-state index >= 15 is 0 Å². The third-order valence-corrected chi connectivity index (χ3v) is 5.60. The molecule has 0 amide bonds. The smallest absolute Gasteiger partial charge is 0.270 e. The lowest BCUT2D eigenvalue weighted by Crippen LogP contribution is -2.29. The number of benzene rings is 2. The maximum absolute atomic E-state index is 11.3. The minimum atomic E-state index is -0.438. The number of hydrogen-bond acceptors (Lipinski definition) is 6. The molecule has 1 heterocycles. The summed E-state index contributed by atoms with van der Waals surface area (Å²) >= 11 is 0. The lowest BCUT2D eigenvalue weighted by atomic mass is 9.76. The first-order valence-electron chi connectivity index (χ1n) is 9.84. The van der Waals surface area contributed by atoms with E-state index in [4.69, 9.17) is 9.47 Å². The van der Waals surface area contributed by atoms with Crippen molar-refractivity contribution in [1.82, 2.24) is 0 Å². The van der Waals surface area contributed by atoms with E-state index in [0.29, 0.717) is 25.4 Å². The van der Waals surface area contributed by atoms with Gasteiger partial charge in [0.05, 0.1) is 23.3 Å². The molecule has 3 atom stereocenters. The number of nitro benzene ring substituents is 1. The Morgan fingerprint density at radius 2 is 2.10 bits per heavy atom. The van der Waals surface area contributed by atoms with Gasteiger partial charge in [0.25, 0.3) is 5.69 Å². The largest absolute Gasteiger partial charge is 0.508 e. The van der Waals surface area contributed by atoms with Gasteiger partial charge in [-0.25, -0.2) is 0 Å². The number of phenolic OH excluding ortho intramolecular Hbond substituents is 1. The summed E-state index contributed by atoms with van der Waals surface area (Å²) in [5.74, 6) is 1.09. The monoisotopic (exact) mass is 396 g/mol. The quantitative estimate of drug-likeness (QED) is 0.309. The molecule has 0 radical (unpaired) electrons. The molecule has 1 aliphatic carbocycles. The summed E-state index contributed by atoms with van der Waals surface area (Å²) in [6, 6.07) is 9.88. The van der Waals surface area contributed by atoms with Gasteiger partial charge in [-0.15, -0.1) is 0 Å². The molecule has 0 saturated heterocycles. The van der Waals surface area contributed by atoms with Crippen molar-refractivity contribution < 1.29 is 19.5 Å². The van der Waals surface area contributed by atoms with Crippen molar-refractivity contribution in [2.75, 3.05) is 25.1 Å². The second-order valence-electron chi connectivity index (χ2n) is 7.24. The highest BCUT2D eigenvalue weighted by molar-refractivity contribution is 5.68. The van der Waals surface area contributed by atoms with Crippen molar-refractivity contribution in [3.63, 3.8) is 0 Å². The number of aromatic hydroxyl groups is 1. The number of hydrogen-bond donors (Lipinski definition) is 2. The first-order chi connectivity index (χ1) is 14.1. The summed E-state index contributed by atoms with van der Waals surface area (Å²) in [4.78, 5) is 10.8. The maximum atomic E-state index is 11.3. The average Bonchev–Trinajstić information content (AvgIpc) is 3.21. The third kappa shape index (κ3) is 3.65. The lowest BCUT2D eigenvalue weighted by Gasteiger charge is -2.38. The fourth-order valence-corrected chi connectivity index (χ4v) is 4.28. The van der Waals surface area contributed by atoms with Crippen LogP contribution in [0.1, 0.15) is 36.4 Å². The predicted octanol–water partition coefficient (Wildman–Crippen LogP) is 4.54. The zero-order valence-corrected chi connectivity index (χ0v) is 16.2. The van der Waals surface area contributed by atoms with E-state index < -0.39 is 4.92 Å². The molecule has 29 heavy (non-hydrogen) atoms. The lowest BCUT2D eigenvalue weighted by molar-refractivity contribution is -0.385. The number of non-ortho nitro benzene ring substituents is 1. The first kappa shape index (κ1) is 19.3. The molecule has 1 aliphatic heterocycles. The van der Waals surface area contributed by atoms with Crippen LogP contribution < -0.4 is 10.1 Å². The van der Waals surface area contributed by atoms with Crippen molar-refractivity contribution in [1.29, 1.82) is 0 Å². The number of phenols is 1. The highest BCUT2D eigenvalue weighted by Crippen LogP contribution is 2.53. The highest BCUT2D eigenvalue weighted by Gasteiger charge is 2.40. The molecule has 4 rings (SSSR count). The Bertz CT molecular complexity index is 943. The van der Waals surface area contributed by atoms with Crippen molar-refractivity contribution in [3.8, 4) is 11.5 Å². The van der Waals surface area contributed by atoms with Crippen LogP contribution in [0.2, 0.25) is 0 Å². The second kappa shape index (κ2) is 8.13. The van der Waals surface area contributed by atoms with Gasteiger partial charge in [-0.3, -0.25) is 10.1 Å². The number of nitrogens with zero attached hydrogens (tertiary/aromatic N) is 1. The van der Waals surface area contributed by atoms with E-state index in [0.717, 1.165) is 23.4 Å². The van der Waals surface area contributed by atoms with Crippen LogP contribution >= 0.6 is 0 Å². The molecule has 152 valence electrons. The molecule has 2 N–H and O–H groups in total. The van der Waals surface area contributed by atoms with E-state index in [1.54, 1.807) is 0 Å². The molecule has 0 spiro atoms. The summed E-state index contributed by atoms with van der Waals surface area (Å²) < 4.78 is 11.3. The van der Waals surface area contributed by atoms with E-state index in [9.17, 15) is 15.2 Å². The Hall–Kier alpha value is -3.06. The van der Waals surface area contributed by atoms with Crippen molar-refractivity contribution >= 4 is 11.4 Å². The molecular weight excluding hydrogens is 372 g/mol. The standard InChI is InChI=1S/C22H24N2O5/c1-2-28-11-12-29-20-8-4-7-17-15-5-3-6-16(15)21(23-22(17)20)18-13-14(24(26)27)9-10-19(18)25/h3-5,7-10,13,15-16,21,23,25H,2,6,11-12H2,1H3. The molecular formula is C22H24N2O5. The molecule has 3 unspecified atom stereocenters. The molecule has 2 aromatic rings. The fourth-order valence-electron chi connectivity index (χ4n) is 4.28. The van der Waals surface area contributed by atoms with E-state index in [-0.39, 0.29) is 29.3 Å². The minimum absolute atomic E-state index is 0.0332. The van der Waals surface area contributed by atoms with Gasteiger partial charge in [-0.2, -0.15) is 0 Å². The number of ether oxygens (including phenoxy) is 2. The molecule has 0 bridgehead atoms. The predicted molar refractivity (Wildman–Crippen MR) is 110 cm³/mol. The number of allylic oxidation sites excluding steroid dienone is 2. The summed E-state index contributed by atoms with van der Waals surface area (Å²) in [5, 5.41) is 25.2. The van der Waals surface area contributed by atoms with Gasteiger partial charge in [0, 0.05) is 30.2 Å². The maximum Gasteiger partial charge on any atom is 0.270 e. The minimum Gasteiger partial charge on any atom is -0.508 e. The van der Waals surface area contributed by atoms with Gasteiger partial charge < -0.3 is 19.9 Å². The summed E-state index contributed by atoms with van der Waals surface area (Å²) in [6.45, 7) is 3.51. The number of nitro groups is 1. The van der Waals surface area contributed by atoms with Crippen LogP contribution in [-0.2, 0) is 4.74 Å². The van der Waals surface area contributed by atoms with Gasteiger partial charge in [0.15, 0.2) is 0 Å². The molecule has 0 fully saturated rings. The first-order valence-corrected chi connectivity index (χ1v) is 9.84. The van der Waals surface area contributed by atoms with E-state index in [1.165, 1.54) is 18.2 Å². The molecule has 2 aromatic carbocycles. The molecule has 0 aromatic heterocycles. The zero-order chi connectivity index (χ0) is 20.4. The Balaban J connectivity index is 1.70. The number of para-hydroxylation sites is 1. The van der Waals surface area contributed by atoms with E-state index in [2.05, 4.69) is 23.5 Å². The van der Waals surface area contributed by atoms with Gasteiger partial charge in [0.2, 0.25) is 0 Å². The summed E-state index contributed by atoms with van der Waals surface area (Å²) in [5.41, 5.74) is 2.51. The SMILES string of the molecule is CCOCCOc1cccc2c1NC(c1cc([N+](=O)[O-])ccc1O)C1CC=CC21. The molecule has 0 saturated carbocycles. The zero-order valence-electron chi connectivity index (χ0n) is 16.2. The number of anilines is 1. The Morgan fingerprint density at radius 3 is 2.90 bits per heavy atom. The summed E-state index contributed by atoms with van der Waals surface area (Å²) in [6.07, 6.45) is 5.14. The van der Waals surface area contributed by atoms with Crippen LogP contribution in [0.5, 0.6) is 11.5 Å². The third-order valence-electron chi connectivity index (χ3n) is 5.60. The van der Waals surface area contributed by atoms with E-state index in [1.807, 2.05) is 19.1 Å². The number of nitrogens with one attached hydrogen (secondary N) is 1. The normalized spacial score (nSPS) is 21.9. The molecule has 7 heteroatoms. The number of rotatable bonds is 7. The van der Waals surface area contributed by atoms with Crippen LogP contribution in [0.4, 0.5) is 11.4 Å². The van der Waals surface area contributed by atoms with Gasteiger partial charge in [0.1, 0.15) is 18.1 Å². The van der Waals surface area contributed by atoms with Crippen molar-refractivity contribution in [3.05, 3.63) is 69.8 Å². The topological polar surface area (TPSA) is 93.9 Å². The Morgan fingerprint density at radius 1 is 1.24 bits per heavy atom. The number of fused-ring (bicyclic) bond motifs is 3.